The molecule has 1 heterocycles. The van der Waals surface area contributed by atoms with E-state index in [0.717, 1.165) is 22.4 Å². The molecule has 0 amide bonds. The zero-order valence-corrected chi connectivity index (χ0v) is 17.1. The molecule has 0 aliphatic heterocycles. The van der Waals surface area contributed by atoms with Gasteiger partial charge in [-0.25, -0.2) is 4.98 Å². The topological polar surface area (TPSA) is 105 Å². The normalized spacial score (nSPS) is 11.5. The maximum Gasteiger partial charge on any atom is 0.270 e. The van der Waals surface area contributed by atoms with Gasteiger partial charge < -0.3 is 9.52 Å². The van der Waals surface area contributed by atoms with Crippen LogP contribution in [0.5, 0.6) is 5.75 Å². The largest absolute Gasteiger partial charge is 0.872 e. The standard InChI is InChI=1S/C24H14ClN3O4/c25-20-6-2-3-17-18(20)4-1-5-19(17)24-27-21-12-15(7-10-23(21)32-24)26-13-14-11-16(28(30)31)8-9-22(14)29/h1-13,29H/p-1. The van der Waals surface area contributed by atoms with Gasteiger partial charge in [0, 0.05) is 34.3 Å². The fraction of sp³-hybridized carbons (Fsp3) is 0. The quantitative estimate of drug-likeness (QED) is 0.192. The van der Waals surface area contributed by atoms with E-state index in [-0.39, 0.29) is 17.0 Å². The summed E-state index contributed by atoms with van der Waals surface area (Å²) in [7, 11) is 0. The molecule has 0 radical (unpaired) electrons. The smallest absolute Gasteiger partial charge is 0.270 e. The van der Waals surface area contributed by atoms with Gasteiger partial charge in [-0.3, -0.25) is 15.1 Å². The fourth-order valence-electron chi connectivity index (χ4n) is 3.46. The second-order valence-electron chi connectivity index (χ2n) is 7.05. The van der Waals surface area contributed by atoms with Gasteiger partial charge in [-0.1, -0.05) is 47.7 Å². The number of aromatic nitrogens is 1. The van der Waals surface area contributed by atoms with Gasteiger partial charge in [0.1, 0.15) is 5.52 Å². The molecule has 0 saturated heterocycles. The lowest BCUT2D eigenvalue weighted by Crippen LogP contribution is -1.98. The molecule has 0 atom stereocenters. The monoisotopic (exact) mass is 442 g/mol. The van der Waals surface area contributed by atoms with Crippen molar-refractivity contribution in [1.82, 2.24) is 4.98 Å². The van der Waals surface area contributed by atoms with Crippen molar-refractivity contribution in [3.63, 3.8) is 0 Å². The SMILES string of the molecule is O=[N+]([O-])c1ccc([O-])c(C=Nc2ccc3oc(-c4cccc5c(Cl)cccc45)nc3c2)c1. The maximum atomic E-state index is 12.0. The highest BCUT2D eigenvalue weighted by atomic mass is 35.5. The third-order valence-corrected chi connectivity index (χ3v) is 5.36. The molecule has 5 aromatic rings. The number of oxazole rings is 1. The predicted octanol–water partition coefficient (Wildman–Crippen LogP) is 6.03. The average Bonchev–Trinajstić information content (AvgIpc) is 3.21. The van der Waals surface area contributed by atoms with Crippen molar-refractivity contribution in [3.8, 4) is 17.2 Å². The van der Waals surface area contributed by atoms with Crippen LogP contribution in [0, 0.1) is 10.1 Å². The number of hydrogen-bond donors (Lipinski definition) is 0. The van der Waals surface area contributed by atoms with E-state index < -0.39 is 4.92 Å². The molecule has 4 aromatic carbocycles. The lowest BCUT2D eigenvalue weighted by Gasteiger charge is -2.08. The van der Waals surface area contributed by atoms with Crippen LogP contribution in [0.25, 0.3) is 33.3 Å². The Hall–Kier alpha value is -4.23. The Labute approximate surface area is 186 Å². The first-order chi connectivity index (χ1) is 15.5. The Morgan fingerprint density at radius 1 is 1.00 bits per heavy atom. The van der Waals surface area contributed by atoms with Crippen LogP contribution in [0.1, 0.15) is 5.56 Å². The van der Waals surface area contributed by atoms with E-state index in [1.165, 1.54) is 18.3 Å². The lowest BCUT2D eigenvalue weighted by molar-refractivity contribution is -0.385. The van der Waals surface area contributed by atoms with E-state index in [9.17, 15) is 15.2 Å². The lowest BCUT2D eigenvalue weighted by atomic mass is 10.0. The molecule has 8 heteroatoms. The summed E-state index contributed by atoms with van der Waals surface area (Å²) in [4.78, 5) is 19.3. The number of nitro benzene ring substituents is 1. The second kappa shape index (κ2) is 7.79. The van der Waals surface area contributed by atoms with Crippen LogP contribution in [0.2, 0.25) is 5.02 Å². The van der Waals surface area contributed by atoms with Crippen LogP contribution in [0.3, 0.4) is 0 Å². The first-order valence-electron chi connectivity index (χ1n) is 9.57. The van der Waals surface area contributed by atoms with Crippen molar-refractivity contribution in [1.29, 1.82) is 0 Å². The van der Waals surface area contributed by atoms with Crippen LogP contribution in [-0.2, 0) is 0 Å². The molecule has 0 spiro atoms. The maximum absolute atomic E-state index is 12.0. The van der Waals surface area contributed by atoms with Gasteiger partial charge in [-0.2, -0.15) is 0 Å². The number of aliphatic imine (C=N–C) groups is 1. The number of fused-ring (bicyclic) bond motifs is 2. The number of nitrogens with zero attached hydrogens (tertiary/aromatic N) is 3. The van der Waals surface area contributed by atoms with E-state index in [1.807, 2.05) is 36.4 Å². The van der Waals surface area contributed by atoms with E-state index in [2.05, 4.69) is 9.98 Å². The van der Waals surface area contributed by atoms with Crippen LogP contribution >= 0.6 is 11.6 Å². The van der Waals surface area contributed by atoms with Crippen molar-refractivity contribution in [2.24, 2.45) is 4.99 Å². The van der Waals surface area contributed by atoms with Crippen molar-refractivity contribution < 1.29 is 14.4 Å². The van der Waals surface area contributed by atoms with Crippen molar-refractivity contribution in [2.45, 2.75) is 0 Å². The van der Waals surface area contributed by atoms with Crippen molar-refractivity contribution >= 4 is 51.1 Å². The molecule has 0 aliphatic rings. The zero-order valence-electron chi connectivity index (χ0n) is 16.4. The first-order valence-corrected chi connectivity index (χ1v) is 9.95. The Morgan fingerprint density at radius 2 is 1.81 bits per heavy atom. The molecule has 32 heavy (non-hydrogen) atoms. The van der Waals surface area contributed by atoms with E-state index in [4.69, 9.17) is 16.0 Å². The molecule has 0 N–H and O–H groups in total. The highest BCUT2D eigenvalue weighted by Gasteiger charge is 2.13. The number of nitro groups is 1. The van der Waals surface area contributed by atoms with Gasteiger partial charge in [-0.05, 0) is 41.3 Å². The Bertz CT molecular complexity index is 1540. The fourth-order valence-corrected chi connectivity index (χ4v) is 3.70. The van der Waals surface area contributed by atoms with Gasteiger partial charge in [-0.15, -0.1) is 0 Å². The summed E-state index contributed by atoms with van der Waals surface area (Å²) >= 11 is 6.31. The highest BCUT2D eigenvalue weighted by molar-refractivity contribution is 6.35. The number of non-ortho nitro benzene ring substituents is 1. The summed E-state index contributed by atoms with van der Waals surface area (Å²) in [6, 6.07) is 20.1. The van der Waals surface area contributed by atoms with Crippen molar-refractivity contribution in [2.75, 3.05) is 0 Å². The molecular weight excluding hydrogens is 430 g/mol. The third-order valence-electron chi connectivity index (χ3n) is 5.03. The van der Waals surface area contributed by atoms with Gasteiger partial charge in [0.15, 0.2) is 5.58 Å². The molecule has 0 fully saturated rings. The molecular formula is C24H13ClN3O4-. The molecule has 156 valence electrons. The van der Waals surface area contributed by atoms with Gasteiger partial charge in [0.25, 0.3) is 5.69 Å². The summed E-state index contributed by atoms with van der Waals surface area (Å²) in [6.45, 7) is 0. The van der Waals surface area contributed by atoms with Gasteiger partial charge >= 0.3 is 0 Å². The minimum absolute atomic E-state index is 0.132. The Kier molecular flexibility index (Phi) is 4.80. The summed E-state index contributed by atoms with van der Waals surface area (Å²) in [6.07, 6.45) is 1.31. The van der Waals surface area contributed by atoms with Crippen LogP contribution in [-0.4, -0.2) is 16.1 Å². The van der Waals surface area contributed by atoms with Crippen molar-refractivity contribution in [3.05, 3.63) is 93.5 Å². The zero-order chi connectivity index (χ0) is 22.2. The highest BCUT2D eigenvalue weighted by Crippen LogP contribution is 2.34. The van der Waals surface area contributed by atoms with E-state index >= 15 is 0 Å². The number of benzene rings is 4. The predicted molar refractivity (Wildman–Crippen MR) is 122 cm³/mol. The van der Waals surface area contributed by atoms with E-state index in [0.29, 0.717) is 27.7 Å². The molecule has 0 saturated carbocycles. The Morgan fingerprint density at radius 3 is 2.66 bits per heavy atom. The number of hydrogen-bond acceptors (Lipinski definition) is 6. The molecule has 1 aromatic heterocycles. The summed E-state index contributed by atoms with van der Waals surface area (Å²) in [5, 5.41) is 25.4. The van der Waals surface area contributed by atoms with Gasteiger partial charge in [0.05, 0.1) is 10.6 Å². The average molecular weight is 443 g/mol. The van der Waals surface area contributed by atoms with Crippen LogP contribution in [0.4, 0.5) is 11.4 Å². The van der Waals surface area contributed by atoms with E-state index in [1.54, 1.807) is 18.2 Å². The molecule has 0 aliphatic carbocycles. The van der Waals surface area contributed by atoms with Gasteiger partial charge in [0.2, 0.25) is 5.89 Å². The Balaban J connectivity index is 1.52. The first kappa shape index (κ1) is 19.7. The summed E-state index contributed by atoms with van der Waals surface area (Å²) < 4.78 is 5.95. The molecule has 0 bridgehead atoms. The molecule has 0 unspecified atom stereocenters. The minimum atomic E-state index is -0.555. The summed E-state index contributed by atoms with van der Waals surface area (Å²) in [5.41, 5.74) is 2.49. The number of rotatable bonds is 4. The second-order valence-corrected chi connectivity index (χ2v) is 7.46. The summed E-state index contributed by atoms with van der Waals surface area (Å²) in [5.74, 6) is 0.105. The minimum Gasteiger partial charge on any atom is -0.872 e. The number of halogens is 1. The van der Waals surface area contributed by atoms with Crippen LogP contribution in [0.15, 0.2) is 82.2 Å². The third kappa shape index (κ3) is 3.55. The molecule has 5 rings (SSSR count). The van der Waals surface area contributed by atoms with Crippen LogP contribution < -0.4 is 5.11 Å². The molecule has 7 nitrogen and oxygen atoms in total.